The number of nitrogens with zero attached hydrogens (tertiary/aromatic N) is 2. The van der Waals surface area contributed by atoms with Gasteiger partial charge in [0.25, 0.3) is 0 Å². The van der Waals surface area contributed by atoms with Crippen LogP contribution in [0, 0.1) is 0 Å². The van der Waals surface area contributed by atoms with E-state index in [1.807, 2.05) is 4.90 Å². The minimum Gasteiger partial charge on any atom is -0.478 e. The molecule has 1 aromatic heterocycles. The van der Waals surface area contributed by atoms with Gasteiger partial charge >= 0.3 is 5.97 Å². The van der Waals surface area contributed by atoms with Crippen molar-refractivity contribution in [2.45, 2.75) is 18.6 Å². The maximum Gasteiger partial charge on any atom is 0.337 e. The number of aromatic nitrogens is 1. The van der Waals surface area contributed by atoms with Crippen molar-refractivity contribution in [1.29, 1.82) is 0 Å². The number of carbonyl (C=O) groups is 1. The molecule has 2 fully saturated rings. The molecule has 0 amide bonds. The van der Waals surface area contributed by atoms with Crippen molar-refractivity contribution in [1.82, 2.24) is 4.98 Å². The van der Waals surface area contributed by atoms with Gasteiger partial charge in [0.15, 0.2) is 11.6 Å². The maximum atomic E-state index is 11.1. The average Bonchev–Trinajstić information content (AvgIpc) is 2.88. The number of aromatic carboxylic acids is 1. The molecular formula is C13H17N3O4. The van der Waals surface area contributed by atoms with Crippen molar-refractivity contribution in [3.05, 3.63) is 17.8 Å². The molecule has 0 aromatic carbocycles. The van der Waals surface area contributed by atoms with Crippen molar-refractivity contribution >= 4 is 17.5 Å². The van der Waals surface area contributed by atoms with E-state index in [9.17, 15) is 4.79 Å². The molecule has 0 atom stereocenters. The first-order valence-electron chi connectivity index (χ1n) is 6.62. The van der Waals surface area contributed by atoms with E-state index in [4.69, 9.17) is 20.3 Å². The third-order valence-corrected chi connectivity index (χ3v) is 3.84. The highest BCUT2D eigenvalue weighted by Gasteiger charge is 2.40. The smallest absolute Gasteiger partial charge is 0.337 e. The monoisotopic (exact) mass is 279 g/mol. The Kier molecular flexibility index (Phi) is 3.23. The van der Waals surface area contributed by atoms with Crippen LogP contribution in [0.25, 0.3) is 0 Å². The molecule has 3 heterocycles. The Morgan fingerprint density at radius 3 is 2.60 bits per heavy atom. The number of piperidine rings is 1. The molecular weight excluding hydrogens is 262 g/mol. The predicted molar refractivity (Wildman–Crippen MR) is 71.7 cm³/mol. The van der Waals surface area contributed by atoms with E-state index in [0.29, 0.717) is 32.1 Å². The van der Waals surface area contributed by atoms with Crippen LogP contribution in [0.4, 0.5) is 11.5 Å². The summed E-state index contributed by atoms with van der Waals surface area (Å²) in [5.74, 6) is -0.977. The molecule has 20 heavy (non-hydrogen) atoms. The SMILES string of the molecule is Nc1c(C(=O)O)ccnc1N1CCC2(CC1)OCCO2. The molecule has 7 nitrogen and oxygen atoms in total. The summed E-state index contributed by atoms with van der Waals surface area (Å²) < 4.78 is 11.3. The molecule has 0 saturated carbocycles. The van der Waals surface area contributed by atoms with Crippen LogP contribution in [-0.2, 0) is 9.47 Å². The number of rotatable bonds is 2. The lowest BCUT2D eigenvalue weighted by Gasteiger charge is -2.38. The van der Waals surface area contributed by atoms with Crippen molar-refractivity contribution in [2.24, 2.45) is 0 Å². The summed E-state index contributed by atoms with van der Waals surface area (Å²) >= 11 is 0. The van der Waals surface area contributed by atoms with E-state index in [1.54, 1.807) is 0 Å². The largest absolute Gasteiger partial charge is 0.478 e. The Bertz CT molecular complexity index is 518. The van der Waals surface area contributed by atoms with Crippen LogP contribution >= 0.6 is 0 Å². The number of hydrogen-bond donors (Lipinski definition) is 2. The maximum absolute atomic E-state index is 11.1. The average molecular weight is 279 g/mol. The number of carboxylic acid groups (broad SMARTS) is 1. The van der Waals surface area contributed by atoms with Crippen molar-refractivity contribution in [2.75, 3.05) is 36.9 Å². The van der Waals surface area contributed by atoms with Crippen LogP contribution in [0.2, 0.25) is 0 Å². The van der Waals surface area contributed by atoms with Crippen molar-refractivity contribution in [3.63, 3.8) is 0 Å². The Morgan fingerprint density at radius 1 is 1.35 bits per heavy atom. The first-order valence-corrected chi connectivity index (χ1v) is 6.62. The third kappa shape index (κ3) is 2.19. The van der Waals surface area contributed by atoms with Gasteiger partial charge in [-0.3, -0.25) is 0 Å². The third-order valence-electron chi connectivity index (χ3n) is 3.84. The van der Waals surface area contributed by atoms with Crippen LogP contribution < -0.4 is 10.6 Å². The lowest BCUT2D eigenvalue weighted by Crippen LogP contribution is -2.45. The summed E-state index contributed by atoms with van der Waals surface area (Å²) in [6.07, 6.45) is 2.93. The second-order valence-electron chi connectivity index (χ2n) is 5.00. The van der Waals surface area contributed by atoms with Gasteiger partial charge in [0, 0.05) is 32.1 Å². The van der Waals surface area contributed by atoms with E-state index < -0.39 is 11.8 Å². The highest BCUT2D eigenvalue weighted by atomic mass is 16.7. The minimum atomic E-state index is -1.04. The molecule has 7 heteroatoms. The Hall–Kier alpha value is -1.86. The highest BCUT2D eigenvalue weighted by Crippen LogP contribution is 2.34. The molecule has 1 aromatic rings. The lowest BCUT2D eigenvalue weighted by molar-refractivity contribution is -0.169. The number of nitrogen functional groups attached to an aromatic ring is 1. The zero-order valence-electron chi connectivity index (χ0n) is 11.0. The van der Waals surface area contributed by atoms with Gasteiger partial charge in [-0.1, -0.05) is 0 Å². The van der Waals surface area contributed by atoms with Gasteiger partial charge in [0.1, 0.15) is 0 Å². The Balaban J connectivity index is 1.78. The van der Waals surface area contributed by atoms with Crippen LogP contribution in [-0.4, -0.2) is 48.2 Å². The molecule has 2 aliphatic rings. The molecule has 0 bridgehead atoms. The Morgan fingerprint density at radius 2 is 2.00 bits per heavy atom. The van der Waals surface area contributed by atoms with E-state index in [1.165, 1.54) is 12.3 Å². The molecule has 1 spiro atoms. The lowest BCUT2D eigenvalue weighted by atomic mass is 10.0. The van der Waals surface area contributed by atoms with Gasteiger partial charge in [-0.25, -0.2) is 9.78 Å². The molecule has 0 aliphatic carbocycles. The molecule has 0 radical (unpaired) electrons. The van der Waals surface area contributed by atoms with Crippen LogP contribution in [0.1, 0.15) is 23.2 Å². The van der Waals surface area contributed by atoms with Crippen LogP contribution in [0.15, 0.2) is 12.3 Å². The number of nitrogens with two attached hydrogens (primary N) is 1. The van der Waals surface area contributed by atoms with E-state index in [-0.39, 0.29) is 11.3 Å². The molecule has 3 N–H and O–H groups in total. The fraction of sp³-hybridized carbons (Fsp3) is 0.538. The number of hydrogen-bond acceptors (Lipinski definition) is 6. The first kappa shape index (κ1) is 13.1. The van der Waals surface area contributed by atoms with E-state index in [0.717, 1.165) is 12.8 Å². The molecule has 2 aliphatic heterocycles. The summed E-state index contributed by atoms with van der Waals surface area (Å²) in [4.78, 5) is 17.3. The van der Waals surface area contributed by atoms with Crippen molar-refractivity contribution < 1.29 is 19.4 Å². The zero-order valence-corrected chi connectivity index (χ0v) is 11.0. The molecule has 2 saturated heterocycles. The van der Waals surface area contributed by atoms with Crippen LogP contribution in [0.5, 0.6) is 0 Å². The van der Waals surface area contributed by atoms with Gasteiger partial charge in [-0.15, -0.1) is 0 Å². The quantitative estimate of drug-likeness (QED) is 0.822. The normalized spacial score (nSPS) is 21.3. The second-order valence-corrected chi connectivity index (χ2v) is 5.00. The molecule has 0 unspecified atom stereocenters. The van der Waals surface area contributed by atoms with E-state index >= 15 is 0 Å². The fourth-order valence-electron chi connectivity index (χ4n) is 2.75. The van der Waals surface area contributed by atoms with Gasteiger partial charge in [-0.05, 0) is 6.07 Å². The zero-order chi connectivity index (χ0) is 14.2. The summed E-state index contributed by atoms with van der Waals surface area (Å²) in [6, 6.07) is 1.41. The number of pyridine rings is 1. The topological polar surface area (TPSA) is 97.9 Å². The van der Waals surface area contributed by atoms with E-state index in [2.05, 4.69) is 4.98 Å². The predicted octanol–water partition coefficient (Wildman–Crippen LogP) is 0.705. The highest BCUT2D eigenvalue weighted by molar-refractivity contribution is 5.96. The Labute approximate surface area is 116 Å². The summed E-state index contributed by atoms with van der Waals surface area (Å²) in [6.45, 7) is 2.63. The van der Waals surface area contributed by atoms with Gasteiger partial charge in [-0.2, -0.15) is 0 Å². The fourth-order valence-corrected chi connectivity index (χ4v) is 2.75. The second kappa shape index (κ2) is 4.92. The molecule has 108 valence electrons. The minimum absolute atomic E-state index is 0.0867. The van der Waals surface area contributed by atoms with Crippen LogP contribution in [0.3, 0.4) is 0 Å². The van der Waals surface area contributed by atoms with Gasteiger partial charge in [0.2, 0.25) is 0 Å². The number of carboxylic acids is 1. The van der Waals surface area contributed by atoms with Gasteiger partial charge < -0.3 is 25.2 Å². The molecule has 3 rings (SSSR count). The summed E-state index contributed by atoms with van der Waals surface area (Å²) in [5, 5.41) is 9.09. The number of anilines is 2. The van der Waals surface area contributed by atoms with Gasteiger partial charge in [0.05, 0.1) is 24.5 Å². The standard InChI is InChI=1S/C13H17N3O4/c14-10-9(12(17)18)1-4-15-11(10)16-5-2-13(3-6-16)19-7-8-20-13/h1,4H,2-3,5-8,14H2,(H,17,18). The summed E-state index contributed by atoms with van der Waals surface area (Å²) in [7, 11) is 0. The van der Waals surface area contributed by atoms with Crippen molar-refractivity contribution in [3.8, 4) is 0 Å². The first-order chi connectivity index (χ1) is 9.61. The summed E-state index contributed by atoms with van der Waals surface area (Å²) in [5.41, 5.74) is 6.21. The number of ether oxygens (including phenoxy) is 2.